The second-order valence-electron chi connectivity index (χ2n) is 5.42. The van der Waals surface area contributed by atoms with E-state index in [1.807, 2.05) is 6.07 Å². The summed E-state index contributed by atoms with van der Waals surface area (Å²) >= 11 is 5.95. The van der Waals surface area contributed by atoms with Gasteiger partial charge in [0.1, 0.15) is 5.52 Å². The van der Waals surface area contributed by atoms with Crippen molar-refractivity contribution in [2.24, 2.45) is 5.92 Å². The van der Waals surface area contributed by atoms with E-state index in [1.54, 1.807) is 6.20 Å². The van der Waals surface area contributed by atoms with Gasteiger partial charge in [0.15, 0.2) is 5.65 Å². The highest BCUT2D eigenvalue weighted by molar-refractivity contribution is 6.31. The molecule has 2 N–H and O–H groups in total. The summed E-state index contributed by atoms with van der Waals surface area (Å²) in [5.74, 6) is 1.43. The molecule has 0 amide bonds. The lowest BCUT2D eigenvalue weighted by Crippen LogP contribution is -2.19. The highest BCUT2D eigenvalue weighted by atomic mass is 35.5. The Kier molecular flexibility index (Phi) is 3.35. The lowest BCUT2D eigenvalue weighted by molar-refractivity contribution is 0.274. The zero-order valence-electron chi connectivity index (χ0n) is 11.1. The summed E-state index contributed by atoms with van der Waals surface area (Å²) in [6.07, 6.45) is 7.82. The van der Waals surface area contributed by atoms with E-state index in [1.165, 1.54) is 32.1 Å². The minimum atomic E-state index is 0.432. The van der Waals surface area contributed by atoms with Gasteiger partial charge in [0, 0.05) is 12.2 Å². The number of halogens is 1. The number of nitrogens with two attached hydrogens (primary N) is 1. The molecule has 0 saturated heterocycles. The molecule has 1 aliphatic carbocycles. The van der Waals surface area contributed by atoms with E-state index >= 15 is 0 Å². The van der Waals surface area contributed by atoms with Crippen molar-refractivity contribution in [2.45, 2.75) is 45.1 Å². The van der Waals surface area contributed by atoms with Crippen molar-refractivity contribution in [3.8, 4) is 0 Å². The third kappa shape index (κ3) is 2.29. The van der Waals surface area contributed by atoms with Crippen molar-refractivity contribution < 1.29 is 0 Å². The van der Waals surface area contributed by atoms with Crippen molar-refractivity contribution in [3.63, 3.8) is 0 Å². The first kappa shape index (κ1) is 12.7. The molecule has 0 aromatic carbocycles. The van der Waals surface area contributed by atoms with Crippen LogP contribution in [0.25, 0.3) is 11.2 Å². The molecule has 2 aromatic heterocycles. The molecule has 2 aromatic rings. The largest absolute Gasteiger partial charge is 0.369 e. The predicted octanol–water partition coefficient (Wildman–Crippen LogP) is 3.81. The summed E-state index contributed by atoms with van der Waals surface area (Å²) in [5, 5.41) is 0.604. The average molecular weight is 279 g/mol. The standard InChI is InChI=1S/C14H19ClN4/c1-2-9-3-5-11(6-4-9)19-13-12(18-14(19)16)7-10(15)8-17-13/h7-9,11H,2-6H2,1H3,(H2,16,18). The van der Waals surface area contributed by atoms with Crippen LogP contribution in [-0.4, -0.2) is 14.5 Å². The highest BCUT2D eigenvalue weighted by Gasteiger charge is 2.24. The first-order valence-corrected chi connectivity index (χ1v) is 7.35. The molecular weight excluding hydrogens is 260 g/mol. The van der Waals surface area contributed by atoms with Crippen molar-refractivity contribution in [1.82, 2.24) is 14.5 Å². The Labute approximate surface area is 118 Å². The fraction of sp³-hybridized carbons (Fsp3) is 0.571. The second kappa shape index (κ2) is 5.00. The van der Waals surface area contributed by atoms with E-state index in [0.717, 1.165) is 17.1 Å². The number of aromatic nitrogens is 3. The summed E-state index contributed by atoms with van der Waals surface area (Å²) in [6, 6.07) is 2.26. The molecule has 5 heteroatoms. The Balaban J connectivity index is 1.94. The number of anilines is 1. The fourth-order valence-electron chi connectivity index (χ4n) is 3.15. The normalized spacial score (nSPS) is 23.9. The molecule has 0 radical (unpaired) electrons. The van der Waals surface area contributed by atoms with Crippen LogP contribution < -0.4 is 5.73 Å². The first-order valence-electron chi connectivity index (χ1n) is 6.98. The smallest absolute Gasteiger partial charge is 0.202 e. The molecular formula is C14H19ClN4. The molecule has 19 heavy (non-hydrogen) atoms. The summed E-state index contributed by atoms with van der Waals surface area (Å²) in [4.78, 5) is 8.79. The number of rotatable bonds is 2. The van der Waals surface area contributed by atoms with Crippen molar-refractivity contribution in [2.75, 3.05) is 5.73 Å². The minimum absolute atomic E-state index is 0.432. The van der Waals surface area contributed by atoms with Gasteiger partial charge in [0.05, 0.1) is 5.02 Å². The molecule has 1 aliphatic rings. The van der Waals surface area contributed by atoms with Gasteiger partial charge >= 0.3 is 0 Å². The van der Waals surface area contributed by atoms with E-state index < -0.39 is 0 Å². The quantitative estimate of drug-likeness (QED) is 0.909. The highest BCUT2D eigenvalue weighted by Crippen LogP contribution is 2.36. The van der Waals surface area contributed by atoms with Gasteiger partial charge in [0.25, 0.3) is 0 Å². The Morgan fingerprint density at radius 2 is 2.11 bits per heavy atom. The maximum atomic E-state index is 6.07. The average Bonchev–Trinajstić information content (AvgIpc) is 2.74. The topological polar surface area (TPSA) is 56.7 Å². The number of pyridine rings is 1. The van der Waals surface area contributed by atoms with Gasteiger partial charge in [-0.15, -0.1) is 0 Å². The van der Waals surface area contributed by atoms with Crippen LogP contribution >= 0.6 is 11.6 Å². The van der Waals surface area contributed by atoms with Crippen molar-refractivity contribution in [1.29, 1.82) is 0 Å². The SMILES string of the molecule is CCC1CCC(n2c(N)nc3cc(Cl)cnc32)CC1. The predicted molar refractivity (Wildman–Crippen MR) is 78.2 cm³/mol. The van der Waals surface area contributed by atoms with Crippen LogP contribution in [0, 0.1) is 5.92 Å². The van der Waals surface area contributed by atoms with Gasteiger partial charge in [-0.25, -0.2) is 9.97 Å². The Bertz CT molecular complexity index is 584. The number of hydrogen-bond donors (Lipinski definition) is 1. The monoisotopic (exact) mass is 278 g/mol. The summed E-state index contributed by atoms with van der Waals surface area (Å²) in [6.45, 7) is 2.27. The molecule has 0 atom stereocenters. The summed E-state index contributed by atoms with van der Waals surface area (Å²) in [5.41, 5.74) is 7.73. The number of imidazole rings is 1. The van der Waals surface area contributed by atoms with Gasteiger partial charge in [0.2, 0.25) is 5.95 Å². The fourth-order valence-corrected chi connectivity index (χ4v) is 3.30. The van der Waals surface area contributed by atoms with Crippen LogP contribution in [0.4, 0.5) is 5.95 Å². The Morgan fingerprint density at radius 1 is 1.37 bits per heavy atom. The van der Waals surface area contributed by atoms with Gasteiger partial charge in [-0.05, 0) is 37.7 Å². The van der Waals surface area contributed by atoms with Gasteiger partial charge in [-0.1, -0.05) is 24.9 Å². The number of hydrogen-bond acceptors (Lipinski definition) is 3. The maximum Gasteiger partial charge on any atom is 0.202 e. The van der Waals surface area contributed by atoms with E-state index in [-0.39, 0.29) is 0 Å². The second-order valence-corrected chi connectivity index (χ2v) is 5.86. The summed E-state index contributed by atoms with van der Waals surface area (Å²) in [7, 11) is 0. The third-order valence-corrected chi connectivity index (χ3v) is 4.49. The molecule has 0 aliphatic heterocycles. The first-order chi connectivity index (χ1) is 9.19. The number of nitrogens with zero attached hydrogens (tertiary/aromatic N) is 3. The molecule has 0 spiro atoms. The Hall–Kier alpha value is -1.29. The number of nitrogen functional groups attached to an aromatic ring is 1. The number of fused-ring (bicyclic) bond motifs is 1. The van der Waals surface area contributed by atoms with Crippen LogP contribution in [0.3, 0.4) is 0 Å². The molecule has 4 nitrogen and oxygen atoms in total. The van der Waals surface area contributed by atoms with Crippen molar-refractivity contribution in [3.05, 3.63) is 17.3 Å². The zero-order chi connectivity index (χ0) is 13.4. The van der Waals surface area contributed by atoms with Crippen LogP contribution in [0.15, 0.2) is 12.3 Å². The van der Waals surface area contributed by atoms with Crippen LogP contribution in [-0.2, 0) is 0 Å². The van der Waals surface area contributed by atoms with E-state index in [9.17, 15) is 0 Å². The summed E-state index contributed by atoms with van der Waals surface area (Å²) < 4.78 is 2.09. The minimum Gasteiger partial charge on any atom is -0.369 e. The zero-order valence-corrected chi connectivity index (χ0v) is 11.9. The molecule has 0 bridgehead atoms. The van der Waals surface area contributed by atoms with Crippen LogP contribution in [0.1, 0.15) is 45.1 Å². The Morgan fingerprint density at radius 3 is 2.79 bits per heavy atom. The molecule has 3 rings (SSSR count). The molecule has 0 unspecified atom stereocenters. The van der Waals surface area contributed by atoms with Crippen molar-refractivity contribution >= 4 is 28.7 Å². The molecule has 1 saturated carbocycles. The molecule has 2 heterocycles. The third-order valence-electron chi connectivity index (χ3n) is 4.28. The van der Waals surface area contributed by atoms with Gasteiger partial charge in [-0.3, -0.25) is 4.57 Å². The maximum absolute atomic E-state index is 6.07. The van der Waals surface area contributed by atoms with E-state index in [2.05, 4.69) is 21.5 Å². The molecule has 102 valence electrons. The lowest BCUT2D eigenvalue weighted by Gasteiger charge is -2.29. The van der Waals surface area contributed by atoms with E-state index in [0.29, 0.717) is 17.0 Å². The van der Waals surface area contributed by atoms with Gasteiger partial charge in [-0.2, -0.15) is 0 Å². The van der Waals surface area contributed by atoms with E-state index in [4.69, 9.17) is 17.3 Å². The lowest BCUT2D eigenvalue weighted by atomic mass is 9.84. The molecule has 1 fully saturated rings. The van der Waals surface area contributed by atoms with Crippen LogP contribution in [0.2, 0.25) is 5.02 Å². The van der Waals surface area contributed by atoms with Crippen LogP contribution in [0.5, 0.6) is 0 Å². The van der Waals surface area contributed by atoms with Gasteiger partial charge < -0.3 is 5.73 Å².